The monoisotopic (exact) mass is 336 g/mol. The Morgan fingerprint density at radius 1 is 1.00 bits per heavy atom. The summed E-state index contributed by atoms with van der Waals surface area (Å²) < 4.78 is 0. The van der Waals surface area contributed by atoms with Gasteiger partial charge in [0.05, 0.1) is 0 Å². The molecule has 3 rings (SSSR count). The second kappa shape index (κ2) is 7.09. The topological polar surface area (TPSA) is 58.2 Å². The maximum absolute atomic E-state index is 12.6. The second-order valence-electron chi connectivity index (χ2n) is 6.70. The fraction of sp³-hybridized carbons (Fsp3) is 0.333. The Hall–Kier alpha value is -2.62. The van der Waals surface area contributed by atoms with Crippen LogP contribution in [-0.2, 0) is 22.6 Å². The molecule has 0 unspecified atom stereocenters. The molecule has 0 atom stereocenters. The predicted molar refractivity (Wildman–Crippen MR) is 99.1 cm³/mol. The summed E-state index contributed by atoms with van der Waals surface area (Å²) in [5, 5.41) is 5.81. The Balaban J connectivity index is 1.61. The van der Waals surface area contributed by atoms with Gasteiger partial charge in [-0.2, -0.15) is 0 Å². The molecule has 0 saturated heterocycles. The van der Waals surface area contributed by atoms with Crippen LogP contribution < -0.4 is 10.6 Å². The molecule has 1 aliphatic rings. The van der Waals surface area contributed by atoms with E-state index in [9.17, 15) is 9.59 Å². The molecule has 2 aromatic rings. The first-order valence-corrected chi connectivity index (χ1v) is 8.78. The van der Waals surface area contributed by atoms with E-state index in [1.807, 2.05) is 55.5 Å². The number of carbonyl (C=O) groups excluding carboxylic acids is 2. The molecule has 25 heavy (non-hydrogen) atoms. The molecule has 0 aliphatic heterocycles. The molecule has 0 radical (unpaired) electrons. The Morgan fingerprint density at radius 3 is 2.28 bits per heavy atom. The van der Waals surface area contributed by atoms with Gasteiger partial charge in [0, 0.05) is 12.2 Å². The van der Waals surface area contributed by atoms with Crippen LogP contribution >= 0.6 is 0 Å². The molecule has 130 valence electrons. The minimum absolute atomic E-state index is 0.182. The lowest BCUT2D eigenvalue weighted by Gasteiger charge is -2.16. The highest BCUT2D eigenvalue weighted by atomic mass is 16.2. The van der Waals surface area contributed by atoms with E-state index in [1.165, 1.54) is 5.56 Å². The number of carbonyl (C=O) groups is 2. The zero-order valence-corrected chi connectivity index (χ0v) is 14.8. The van der Waals surface area contributed by atoms with E-state index in [-0.39, 0.29) is 11.8 Å². The van der Waals surface area contributed by atoms with E-state index in [4.69, 9.17) is 0 Å². The molecule has 1 saturated carbocycles. The first kappa shape index (κ1) is 17.2. The second-order valence-corrected chi connectivity index (χ2v) is 6.70. The van der Waals surface area contributed by atoms with Crippen molar-refractivity contribution < 1.29 is 9.59 Å². The summed E-state index contributed by atoms with van der Waals surface area (Å²) in [5.41, 5.74) is 3.25. The van der Waals surface area contributed by atoms with Gasteiger partial charge in [-0.1, -0.05) is 43.3 Å². The van der Waals surface area contributed by atoms with Crippen molar-refractivity contribution in [1.82, 2.24) is 5.32 Å². The first-order chi connectivity index (χ1) is 12.0. The number of nitrogens with one attached hydrogen (secondary N) is 2. The molecule has 0 aromatic heterocycles. The van der Waals surface area contributed by atoms with Crippen LogP contribution in [0.1, 0.15) is 36.5 Å². The van der Waals surface area contributed by atoms with Gasteiger partial charge in [0.1, 0.15) is 5.41 Å². The van der Waals surface area contributed by atoms with Crippen molar-refractivity contribution >= 4 is 17.5 Å². The summed E-state index contributed by atoms with van der Waals surface area (Å²) in [7, 11) is 0. The van der Waals surface area contributed by atoms with Crippen LogP contribution in [0.5, 0.6) is 0 Å². The molecule has 0 bridgehead atoms. The quantitative estimate of drug-likeness (QED) is 0.792. The standard InChI is InChI=1S/C21H24N2O2/c1-3-16-8-10-18(11-9-16)23-20(25)21(12-13-21)19(24)22-14-17-7-5-4-6-15(17)2/h4-11H,3,12-14H2,1-2H3,(H,22,24)(H,23,25). The van der Waals surface area contributed by atoms with Crippen LogP contribution in [-0.4, -0.2) is 11.8 Å². The molecule has 0 spiro atoms. The normalized spacial score (nSPS) is 14.6. The molecular weight excluding hydrogens is 312 g/mol. The lowest BCUT2D eigenvalue weighted by molar-refractivity contribution is -0.134. The van der Waals surface area contributed by atoms with E-state index in [0.717, 1.165) is 23.2 Å². The largest absolute Gasteiger partial charge is 0.351 e. The van der Waals surface area contributed by atoms with Crippen molar-refractivity contribution in [3.63, 3.8) is 0 Å². The number of hydrogen-bond acceptors (Lipinski definition) is 2. The van der Waals surface area contributed by atoms with Gasteiger partial charge in [-0.15, -0.1) is 0 Å². The molecule has 2 aromatic carbocycles. The highest BCUT2D eigenvalue weighted by Crippen LogP contribution is 2.46. The van der Waals surface area contributed by atoms with E-state index < -0.39 is 5.41 Å². The maximum Gasteiger partial charge on any atom is 0.240 e. The number of rotatable bonds is 6. The Kier molecular flexibility index (Phi) is 4.88. The lowest BCUT2D eigenvalue weighted by atomic mass is 10.0. The Labute approximate surface area is 148 Å². The highest BCUT2D eigenvalue weighted by molar-refractivity contribution is 6.13. The molecule has 4 nitrogen and oxygen atoms in total. The van der Waals surface area contributed by atoms with Crippen LogP contribution in [0.3, 0.4) is 0 Å². The van der Waals surface area contributed by atoms with Crippen LogP contribution in [0.2, 0.25) is 0 Å². The smallest absolute Gasteiger partial charge is 0.240 e. The number of amides is 2. The third kappa shape index (κ3) is 3.73. The summed E-state index contributed by atoms with van der Waals surface area (Å²) in [6.07, 6.45) is 2.16. The van der Waals surface area contributed by atoms with E-state index >= 15 is 0 Å². The van der Waals surface area contributed by atoms with Crippen molar-refractivity contribution in [2.24, 2.45) is 5.41 Å². The van der Waals surface area contributed by atoms with Gasteiger partial charge >= 0.3 is 0 Å². The van der Waals surface area contributed by atoms with E-state index in [1.54, 1.807) is 0 Å². The molecule has 0 heterocycles. The fourth-order valence-electron chi connectivity index (χ4n) is 2.91. The van der Waals surface area contributed by atoms with Crippen LogP contribution in [0.25, 0.3) is 0 Å². The van der Waals surface area contributed by atoms with Crippen LogP contribution in [0.15, 0.2) is 48.5 Å². The molecule has 2 N–H and O–H groups in total. The molecule has 1 aliphatic carbocycles. The van der Waals surface area contributed by atoms with Crippen molar-refractivity contribution in [2.45, 2.75) is 39.7 Å². The molecule has 4 heteroatoms. The average molecular weight is 336 g/mol. The summed E-state index contributed by atoms with van der Waals surface area (Å²) in [6, 6.07) is 15.7. The van der Waals surface area contributed by atoms with Gasteiger partial charge in [0.15, 0.2) is 0 Å². The van der Waals surface area contributed by atoms with Gasteiger partial charge in [-0.05, 0) is 55.0 Å². The van der Waals surface area contributed by atoms with Gasteiger partial charge in [-0.3, -0.25) is 9.59 Å². The summed E-state index contributed by atoms with van der Waals surface area (Å²) in [5.74, 6) is -0.391. The summed E-state index contributed by atoms with van der Waals surface area (Å²) in [4.78, 5) is 25.2. The molecule has 1 fully saturated rings. The average Bonchev–Trinajstić information content (AvgIpc) is 3.43. The predicted octanol–water partition coefficient (Wildman–Crippen LogP) is 3.59. The zero-order chi connectivity index (χ0) is 17.9. The molecule has 2 amide bonds. The third-order valence-corrected chi connectivity index (χ3v) is 4.94. The summed E-state index contributed by atoms with van der Waals surface area (Å²) >= 11 is 0. The van der Waals surface area contributed by atoms with E-state index in [2.05, 4.69) is 17.6 Å². The lowest BCUT2D eigenvalue weighted by Crippen LogP contribution is -2.39. The van der Waals surface area contributed by atoms with Crippen molar-refractivity contribution in [3.8, 4) is 0 Å². The first-order valence-electron chi connectivity index (χ1n) is 8.78. The Morgan fingerprint density at radius 2 is 1.68 bits per heavy atom. The summed E-state index contributed by atoms with van der Waals surface area (Å²) in [6.45, 7) is 4.55. The number of aryl methyl sites for hydroxylation is 2. The fourth-order valence-corrected chi connectivity index (χ4v) is 2.91. The van der Waals surface area contributed by atoms with Crippen LogP contribution in [0.4, 0.5) is 5.69 Å². The third-order valence-electron chi connectivity index (χ3n) is 4.94. The van der Waals surface area contributed by atoms with Gasteiger partial charge < -0.3 is 10.6 Å². The van der Waals surface area contributed by atoms with E-state index in [0.29, 0.717) is 19.4 Å². The highest BCUT2D eigenvalue weighted by Gasteiger charge is 2.56. The van der Waals surface area contributed by atoms with Crippen molar-refractivity contribution in [1.29, 1.82) is 0 Å². The van der Waals surface area contributed by atoms with Crippen molar-refractivity contribution in [2.75, 3.05) is 5.32 Å². The minimum Gasteiger partial charge on any atom is -0.351 e. The SMILES string of the molecule is CCc1ccc(NC(=O)C2(C(=O)NCc3ccccc3C)CC2)cc1. The Bertz CT molecular complexity index is 777. The van der Waals surface area contributed by atoms with Gasteiger partial charge in [0.2, 0.25) is 11.8 Å². The van der Waals surface area contributed by atoms with Gasteiger partial charge in [0.25, 0.3) is 0 Å². The van der Waals surface area contributed by atoms with Gasteiger partial charge in [-0.25, -0.2) is 0 Å². The van der Waals surface area contributed by atoms with Crippen LogP contribution in [0, 0.1) is 12.3 Å². The number of benzene rings is 2. The number of anilines is 1. The molecular formula is C21H24N2O2. The minimum atomic E-state index is -0.911. The zero-order valence-electron chi connectivity index (χ0n) is 14.8. The number of hydrogen-bond donors (Lipinski definition) is 2. The maximum atomic E-state index is 12.6. The van der Waals surface area contributed by atoms with Crippen molar-refractivity contribution in [3.05, 3.63) is 65.2 Å².